The molecule has 1 N–H and O–H groups in total. The maximum atomic E-state index is 4.56. The minimum absolute atomic E-state index is 0.646. The number of rotatable bonds is 6. The summed E-state index contributed by atoms with van der Waals surface area (Å²) in [5.74, 6) is 1.13. The Kier molecular flexibility index (Phi) is 5.80. The molecule has 1 atom stereocenters. The molecule has 4 heteroatoms. The van der Waals surface area contributed by atoms with Crippen molar-refractivity contribution in [2.24, 2.45) is 0 Å². The summed E-state index contributed by atoms with van der Waals surface area (Å²) in [4.78, 5) is 9.32. The molecule has 1 fully saturated rings. The maximum Gasteiger partial charge on any atom is 0.128 e. The quantitative estimate of drug-likeness (QED) is 0.806. The van der Waals surface area contributed by atoms with Crippen LogP contribution in [-0.4, -0.2) is 49.7 Å². The molecule has 1 saturated heterocycles. The summed E-state index contributed by atoms with van der Waals surface area (Å²) in [6.07, 6.45) is 5.66. The summed E-state index contributed by atoms with van der Waals surface area (Å²) < 4.78 is 0. The van der Waals surface area contributed by atoms with Gasteiger partial charge in [-0.05, 0) is 57.6 Å². The standard InChI is InChI=1S/C16H28N4/c1-4-8-17-12-14-7-9-18-16(11-14)20-10-5-6-15(13-20)19(2)3/h7,9,11,15,17H,4-6,8,10,12-13H2,1-3H3. The lowest BCUT2D eigenvalue weighted by Gasteiger charge is -2.36. The Balaban J connectivity index is 1.99. The van der Waals surface area contributed by atoms with Crippen LogP contribution in [0.5, 0.6) is 0 Å². The van der Waals surface area contributed by atoms with Gasteiger partial charge in [-0.2, -0.15) is 0 Å². The van der Waals surface area contributed by atoms with Crippen LogP contribution in [0, 0.1) is 0 Å². The van der Waals surface area contributed by atoms with Gasteiger partial charge in [0, 0.05) is 31.9 Å². The third kappa shape index (κ3) is 4.18. The second-order valence-electron chi connectivity index (χ2n) is 5.90. The van der Waals surface area contributed by atoms with Gasteiger partial charge in [0.1, 0.15) is 5.82 Å². The molecule has 0 bridgehead atoms. The van der Waals surface area contributed by atoms with Gasteiger partial charge >= 0.3 is 0 Å². The average Bonchev–Trinajstić information content (AvgIpc) is 2.48. The van der Waals surface area contributed by atoms with Gasteiger partial charge in [-0.3, -0.25) is 0 Å². The van der Waals surface area contributed by atoms with Crippen LogP contribution in [0.15, 0.2) is 18.3 Å². The van der Waals surface area contributed by atoms with Gasteiger partial charge in [0.25, 0.3) is 0 Å². The van der Waals surface area contributed by atoms with E-state index in [1.807, 2.05) is 6.20 Å². The maximum absolute atomic E-state index is 4.56. The first-order valence-corrected chi connectivity index (χ1v) is 7.77. The lowest BCUT2D eigenvalue weighted by atomic mass is 10.0. The topological polar surface area (TPSA) is 31.4 Å². The molecule has 20 heavy (non-hydrogen) atoms. The highest BCUT2D eigenvalue weighted by atomic mass is 15.2. The van der Waals surface area contributed by atoms with Crippen molar-refractivity contribution < 1.29 is 0 Å². The van der Waals surface area contributed by atoms with E-state index < -0.39 is 0 Å². The van der Waals surface area contributed by atoms with Crippen LogP contribution in [0.4, 0.5) is 5.82 Å². The molecule has 0 aliphatic carbocycles. The number of likely N-dealkylation sites (N-methyl/N-ethyl adjacent to an activating group) is 1. The van der Waals surface area contributed by atoms with E-state index in [1.54, 1.807) is 0 Å². The molecule has 0 spiro atoms. The van der Waals surface area contributed by atoms with E-state index in [1.165, 1.54) is 24.8 Å². The molecule has 1 unspecified atom stereocenters. The molecule has 112 valence electrons. The SMILES string of the molecule is CCCNCc1ccnc(N2CCCC(N(C)C)C2)c1. The summed E-state index contributed by atoms with van der Waals surface area (Å²) in [7, 11) is 4.35. The number of aromatic nitrogens is 1. The molecule has 2 heterocycles. The molecular weight excluding hydrogens is 248 g/mol. The highest BCUT2D eigenvalue weighted by Crippen LogP contribution is 2.20. The number of hydrogen-bond acceptors (Lipinski definition) is 4. The summed E-state index contributed by atoms with van der Waals surface area (Å²) in [6, 6.07) is 4.99. The predicted octanol–water partition coefficient (Wildman–Crippen LogP) is 2.11. The Morgan fingerprint density at radius 1 is 1.45 bits per heavy atom. The van der Waals surface area contributed by atoms with E-state index >= 15 is 0 Å². The first-order valence-electron chi connectivity index (χ1n) is 7.77. The summed E-state index contributed by atoms with van der Waals surface area (Å²) in [5, 5.41) is 3.45. The lowest BCUT2D eigenvalue weighted by Crippen LogP contribution is -2.45. The molecule has 0 saturated carbocycles. The van der Waals surface area contributed by atoms with Crippen molar-refractivity contribution in [3.05, 3.63) is 23.9 Å². The van der Waals surface area contributed by atoms with Crippen molar-refractivity contribution in [2.45, 2.75) is 38.8 Å². The Morgan fingerprint density at radius 3 is 3.05 bits per heavy atom. The minimum Gasteiger partial charge on any atom is -0.355 e. The van der Waals surface area contributed by atoms with E-state index in [-0.39, 0.29) is 0 Å². The van der Waals surface area contributed by atoms with Crippen molar-refractivity contribution in [1.82, 2.24) is 15.2 Å². The zero-order chi connectivity index (χ0) is 14.4. The van der Waals surface area contributed by atoms with Crippen LogP contribution < -0.4 is 10.2 Å². The zero-order valence-electron chi connectivity index (χ0n) is 13.1. The van der Waals surface area contributed by atoms with Crippen molar-refractivity contribution >= 4 is 5.82 Å². The van der Waals surface area contributed by atoms with Gasteiger partial charge in [-0.25, -0.2) is 4.98 Å². The Morgan fingerprint density at radius 2 is 2.30 bits per heavy atom. The normalized spacial score (nSPS) is 19.6. The zero-order valence-corrected chi connectivity index (χ0v) is 13.1. The van der Waals surface area contributed by atoms with E-state index in [2.05, 4.69) is 53.3 Å². The molecular formula is C16H28N4. The van der Waals surface area contributed by atoms with Crippen LogP contribution in [0.2, 0.25) is 0 Å². The number of nitrogens with one attached hydrogen (secondary N) is 1. The second kappa shape index (κ2) is 7.60. The number of pyridine rings is 1. The van der Waals surface area contributed by atoms with Crippen molar-refractivity contribution in [2.75, 3.05) is 38.6 Å². The van der Waals surface area contributed by atoms with Gasteiger partial charge < -0.3 is 15.1 Å². The van der Waals surface area contributed by atoms with Gasteiger partial charge in [0.2, 0.25) is 0 Å². The van der Waals surface area contributed by atoms with Crippen LogP contribution in [-0.2, 0) is 6.54 Å². The Labute approximate surface area is 123 Å². The smallest absolute Gasteiger partial charge is 0.128 e. The third-order valence-electron chi connectivity index (χ3n) is 4.02. The van der Waals surface area contributed by atoms with Gasteiger partial charge in [-0.1, -0.05) is 6.92 Å². The predicted molar refractivity (Wildman–Crippen MR) is 85.2 cm³/mol. The van der Waals surface area contributed by atoms with Crippen LogP contribution in [0.3, 0.4) is 0 Å². The molecule has 0 amide bonds. The Bertz CT molecular complexity index is 405. The molecule has 1 aromatic heterocycles. The number of hydrogen-bond donors (Lipinski definition) is 1. The highest BCUT2D eigenvalue weighted by Gasteiger charge is 2.22. The molecule has 0 aromatic carbocycles. The van der Waals surface area contributed by atoms with Crippen molar-refractivity contribution in [3.8, 4) is 0 Å². The summed E-state index contributed by atoms with van der Waals surface area (Å²) in [6.45, 7) is 6.42. The van der Waals surface area contributed by atoms with E-state index in [0.717, 1.165) is 32.0 Å². The van der Waals surface area contributed by atoms with Crippen LogP contribution in [0.1, 0.15) is 31.7 Å². The van der Waals surface area contributed by atoms with Crippen molar-refractivity contribution in [1.29, 1.82) is 0 Å². The largest absolute Gasteiger partial charge is 0.355 e. The third-order valence-corrected chi connectivity index (χ3v) is 4.02. The van der Waals surface area contributed by atoms with Gasteiger partial charge in [0.05, 0.1) is 0 Å². The fourth-order valence-corrected chi connectivity index (χ4v) is 2.74. The summed E-state index contributed by atoms with van der Waals surface area (Å²) >= 11 is 0. The monoisotopic (exact) mass is 276 g/mol. The molecule has 4 nitrogen and oxygen atoms in total. The Hall–Kier alpha value is -1.13. The van der Waals surface area contributed by atoms with Crippen LogP contribution in [0.25, 0.3) is 0 Å². The van der Waals surface area contributed by atoms with E-state index in [4.69, 9.17) is 0 Å². The fourth-order valence-electron chi connectivity index (χ4n) is 2.74. The highest BCUT2D eigenvalue weighted by molar-refractivity contribution is 5.41. The fraction of sp³-hybridized carbons (Fsp3) is 0.688. The summed E-state index contributed by atoms with van der Waals surface area (Å²) in [5.41, 5.74) is 1.33. The molecule has 0 radical (unpaired) electrons. The number of piperidine rings is 1. The minimum atomic E-state index is 0.646. The molecule has 1 aliphatic rings. The van der Waals surface area contributed by atoms with E-state index in [0.29, 0.717) is 6.04 Å². The molecule has 2 rings (SSSR count). The number of anilines is 1. The number of nitrogens with zero attached hydrogens (tertiary/aromatic N) is 3. The first-order chi connectivity index (χ1) is 9.70. The average molecular weight is 276 g/mol. The first kappa shape index (κ1) is 15.3. The molecule has 1 aromatic rings. The molecule has 1 aliphatic heterocycles. The van der Waals surface area contributed by atoms with Crippen LogP contribution >= 0.6 is 0 Å². The van der Waals surface area contributed by atoms with Crippen molar-refractivity contribution in [3.63, 3.8) is 0 Å². The van der Waals surface area contributed by atoms with Gasteiger partial charge in [0.15, 0.2) is 0 Å². The van der Waals surface area contributed by atoms with E-state index in [9.17, 15) is 0 Å². The van der Waals surface area contributed by atoms with Gasteiger partial charge in [-0.15, -0.1) is 0 Å². The second-order valence-corrected chi connectivity index (χ2v) is 5.90. The lowest BCUT2D eigenvalue weighted by molar-refractivity contribution is 0.257.